The van der Waals surface area contributed by atoms with Crippen molar-refractivity contribution in [1.82, 2.24) is 9.78 Å². The maximum Gasteiger partial charge on any atom is 0.266 e. The Morgan fingerprint density at radius 1 is 1.48 bits per heavy atom. The first-order chi connectivity index (χ1) is 11.0. The number of nitrogens with one attached hydrogen (secondary N) is 1. The van der Waals surface area contributed by atoms with Crippen LogP contribution in [-0.4, -0.2) is 15.7 Å². The van der Waals surface area contributed by atoms with Gasteiger partial charge in [0.05, 0.1) is 16.4 Å². The number of aromatic nitrogens is 2. The number of amides is 1. The number of benzene rings is 1. The highest BCUT2D eigenvalue weighted by molar-refractivity contribution is 6.31. The molecule has 1 amide bonds. The van der Waals surface area contributed by atoms with Crippen molar-refractivity contribution in [1.29, 1.82) is 0 Å². The summed E-state index contributed by atoms with van der Waals surface area (Å²) in [5.41, 5.74) is 1.48. The second kappa shape index (κ2) is 6.12. The van der Waals surface area contributed by atoms with Crippen LogP contribution < -0.4 is 10.9 Å². The maximum absolute atomic E-state index is 13.9. The number of aryl methyl sites for hydroxylation is 2. The van der Waals surface area contributed by atoms with E-state index in [9.17, 15) is 14.0 Å². The van der Waals surface area contributed by atoms with Gasteiger partial charge in [-0.15, -0.1) is 0 Å². The Labute approximate surface area is 137 Å². The number of hydrogen-bond acceptors (Lipinski definition) is 3. The molecule has 1 N–H and O–H groups in total. The van der Waals surface area contributed by atoms with E-state index >= 15 is 0 Å². The number of carbonyl (C=O) groups is 1. The van der Waals surface area contributed by atoms with Gasteiger partial charge < -0.3 is 5.32 Å². The van der Waals surface area contributed by atoms with Crippen molar-refractivity contribution in [2.45, 2.75) is 19.3 Å². The van der Waals surface area contributed by atoms with Crippen molar-refractivity contribution in [2.75, 3.05) is 5.32 Å². The predicted molar refractivity (Wildman–Crippen MR) is 85.0 cm³/mol. The lowest BCUT2D eigenvalue weighted by Gasteiger charge is -2.23. The van der Waals surface area contributed by atoms with Gasteiger partial charge in [-0.3, -0.25) is 9.59 Å². The quantitative estimate of drug-likeness (QED) is 0.916. The highest BCUT2D eigenvalue weighted by Gasteiger charge is 2.27. The van der Waals surface area contributed by atoms with E-state index < -0.39 is 5.82 Å². The number of rotatable bonds is 2. The lowest BCUT2D eigenvalue weighted by atomic mass is 9.86. The van der Waals surface area contributed by atoms with Gasteiger partial charge >= 0.3 is 0 Å². The van der Waals surface area contributed by atoms with Gasteiger partial charge in [0, 0.05) is 19.0 Å². The van der Waals surface area contributed by atoms with Crippen LogP contribution in [0.4, 0.5) is 10.1 Å². The number of anilines is 1. The second-order valence-corrected chi connectivity index (χ2v) is 6.02. The zero-order valence-corrected chi connectivity index (χ0v) is 13.2. The van der Waals surface area contributed by atoms with E-state index in [4.69, 9.17) is 11.6 Å². The molecule has 0 saturated heterocycles. The van der Waals surface area contributed by atoms with Crippen LogP contribution >= 0.6 is 11.6 Å². The predicted octanol–water partition coefficient (Wildman–Crippen LogP) is 2.32. The van der Waals surface area contributed by atoms with Gasteiger partial charge in [-0.25, -0.2) is 9.07 Å². The summed E-state index contributed by atoms with van der Waals surface area (Å²) in [5, 5.41) is 6.75. The summed E-state index contributed by atoms with van der Waals surface area (Å²) >= 11 is 5.71. The van der Waals surface area contributed by atoms with Crippen LogP contribution in [0.2, 0.25) is 5.02 Å². The van der Waals surface area contributed by atoms with Gasteiger partial charge in [-0.2, -0.15) is 5.10 Å². The van der Waals surface area contributed by atoms with Gasteiger partial charge in [0.15, 0.2) is 5.82 Å². The fourth-order valence-corrected chi connectivity index (χ4v) is 2.92. The van der Waals surface area contributed by atoms with E-state index in [-0.39, 0.29) is 28.1 Å². The molecule has 2 aromatic rings. The molecule has 0 saturated carbocycles. The molecule has 1 aliphatic carbocycles. The molecule has 5 nitrogen and oxygen atoms in total. The van der Waals surface area contributed by atoms with Crippen LogP contribution in [0.15, 0.2) is 29.1 Å². The van der Waals surface area contributed by atoms with E-state index in [2.05, 4.69) is 10.4 Å². The van der Waals surface area contributed by atoms with E-state index in [1.165, 1.54) is 22.9 Å². The Kier molecular flexibility index (Phi) is 4.17. The van der Waals surface area contributed by atoms with Gasteiger partial charge in [-0.1, -0.05) is 17.7 Å². The molecular formula is C16H15ClFN3O2. The minimum absolute atomic E-state index is 0.0375. The molecule has 0 fully saturated rings. The summed E-state index contributed by atoms with van der Waals surface area (Å²) in [7, 11) is 1.60. The lowest BCUT2D eigenvalue weighted by molar-refractivity contribution is -0.120. The third-order valence-electron chi connectivity index (χ3n) is 4.03. The maximum atomic E-state index is 13.9. The molecule has 3 rings (SSSR count). The van der Waals surface area contributed by atoms with Crippen LogP contribution in [-0.2, 0) is 24.7 Å². The number of fused-ring (bicyclic) bond motifs is 1. The highest BCUT2D eigenvalue weighted by atomic mass is 35.5. The third kappa shape index (κ3) is 3.12. The van der Waals surface area contributed by atoms with Gasteiger partial charge in [0.2, 0.25) is 5.91 Å². The Bertz CT molecular complexity index is 835. The van der Waals surface area contributed by atoms with E-state index in [0.29, 0.717) is 19.3 Å². The largest absolute Gasteiger partial charge is 0.323 e. The fourth-order valence-electron chi connectivity index (χ4n) is 2.75. The highest BCUT2D eigenvalue weighted by Crippen LogP contribution is 2.26. The second-order valence-electron chi connectivity index (χ2n) is 5.61. The minimum Gasteiger partial charge on any atom is -0.323 e. The zero-order chi connectivity index (χ0) is 16.6. The van der Waals surface area contributed by atoms with Crippen molar-refractivity contribution < 1.29 is 9.18 Å². The van der Waals surface area contributed by atoms with Crippen LogP contribution in [0.25, 0.3) is 0 Å². The van der Waals surface area contributed by atoms with Crippen LogP contribution in [0, 0.1) is 11.7 Å². The summed E-state index contributed by atoms with van der Waals surface area (Å²) < 4.78 is 15.2. The van der Waals surface area contributed by atoms with E-state index in [1.807, 2.05) is 0 Å². The first-order valence-electron chi connectivity index (χ1n) is 7.26. The molecule has 1 heterocycles. The molecular weight excluding hydrogens is 321 g/mol. The number of halogens is 2. The zero-order valence-electron chi connectivity index (χ0n) is 12.5. The SMILES string of the molecule is Cn1nc2c(cc1=O)CC(C(=O)Nc1cccc(Cl)c1F)CC2. The van der Waals surface area contributed by atoms with Gasteiger partial charge in [0.1, 0.15) is 0 Å². The number of carbonyl (C=O) groups excluding carboxylic acids is 1. The molecule has 0 radical (unpaired) electrons. The average molecular weight is 336 g/mol. The van der Waals surface area contributed by atoms with Crippen LogP contribution in [0.5, 0.6) is 0 Å². The molecule has 1 atom stereocenters. The van der Waals surface area contributed by atoms with Crippen molar-refractivity contribution >= 4 is 23.2 Å². The molecule has 0 aliphatic heterocycles. The van der Waals surface area contributed by atoms with Gasteiger partial charge in [0.25, 0.3) is 5.56 Å². The van der Waals surface area contributed by atoms with Crippen LogP contribution in [0.3, 0.4) is 0 Å². The van der Waals surface area contributed by atoms with Crippen molar-refractivity contribution in [3.05, 3.63) is 56.7 Å². The van der Waals surface area contributed by atoms with Gasteiger partial charge in [-0.05, 0) is 37.0 Å². The Hall–Kier alpha value is -2.21. The Morgan fingerprint density at radius 3 is 3.04 bits per heavy atom. The minimum atomic E-state index is -0.644. The first-order valence-corrected chi connectivity index (χ1v) is 7.64. The lowest BCUT2D eigenvalue weighted by Crippen LogP contribution is -2.31. The molecule has 1 aliphatic rings. The fraction of sp³-hybridized carbons (Fsp3) is 0.312. The summed E-state index contributed by atoms with van der Waals surface area (Å²) in [6, 6.07) is 5.98. The number of hydrogen-bond donors (Lipinski definition) is 1. The topological polar surface area (TPSA) is 64.0 Å². The molecule has 1 aromatic heterocycles. The first kappa shape index (κ1) is 15.7. The van der Waals surface area contributed by atoms with Crippen molar-refractivity contribution in [3.63, 3.8) is 0 Å². The van der Waals surface area contributed by atoms with Crippen molar-refractivity contribution in [3.8, 4) is 0 Å². The number of nitrogens with zero attached hydrogens (tertiary/aromatic N) is 2. The van der Waals surface area contributed by atoms with E-state index in [1.54, 1.807) is 13.1 Å². The monoisotopic (exact) mass is 335 g/mol. The summed E-state index contributed by atoms with van der Waals surface area (Å²) in [6.07, 6.45) is 1.64. The molecule has 1 unspecified atom stereocenters. The Morgan fingerprint density at radius 2 is 2.26 bits per heavy atom. The van der Waals surface area contributed by atoms with E-state index in [0.717, 1.165) is 11.3 Å². The molecule has 0 spiro atoms. The van der Waals surface area contributed by atoms with Crippen molar-refractivity contribution in [2.24, 2.45) is 13.0 Å². The third-order valence-corrected chi connectivity index (χ3v) is 4.33. The molecule has 7 heteroatoms. The Balaban J connectivity index is 1.78. The van der Waals surface area contributed by atoms with Crippen LogP contribution in [0.1, 0.15) is 17.7 Å². The smallest absolute Gasteiger partial charge is 0.266 e. The molecule has 120 valence electrons. The summed E-state index contributed by atoms with van der Waals surface area (Å²) in [4.78, 5) is 24.0. The average Bonchev–Trinajstić information content (AvgIpc) is 2.52. The summed E-state index contributed by atoms with van der Waals surface area (Å²) in [6.45, 7) is 0. The molecule has 23 heavy (non-hydrogen) atoms. The molecule has 1 aromatic carbocycles. The standard InChI is InChI=1S/C16H15ClFN3O2/c1-21-14(22)8-10-7-9(5-6-12(10)20-21)16(23)19-13-4-2-3-11(17)15(13)18/h2-4,8-9H,5-7H2,1H3,(H,19,23). The molecule has 0 bridgehead atoms. The summed E-state index contributed by atoms with van der Waals surface area (Å²) in [5.74, 6) is -1.25. The normalized spacial score (nSPS) is 16.7.